The zero-order chi connectivity index (χ0) is 24.3. The maximum atomic E-state index is 13.7. The van der Waals surface area contributed by atoms with Crippen molar-refractivity contribution in [2.24, 2.45) is 0 Å². The smallest absolute Gasteiger partial charge is 0.375 e. The lowest BCUT2D eigenvalue weighted by Crippen LogP contribution is -2.33. The molecule has 32 heavy (non-hydrogen) atoms. The predicted octanol–water partition coefficient (Wildman–Crippen LogP) is 4.14. The minimum Gasteiger partial charge on any atom is -0.375 e. The number of carbonyl (C=O) groups is 1. The Morgan fingerprint density at radius 2 is 1.91 bits per heavy atom. The van der Waals surface area contributed by atoms with Gasteiger partial charge < -0.3 is 10.6 Å². The normalized spacial score (nSPS) is 14.2. The molecule has 0 radical (unpaired) electrons. The lowest BCUT2D eigenvalue weighted by Gasteiger charge is -2.20. The van der Waals surface area contributed by atoms with E-state index in [4.69, 9.17) is 11.6 Å². The Morgan fingerprint density at radius 1 is 1.25 bits per heavy atom. The van der Waals surface area contributed by atoms with Crippen molar-refractivity contribution in [2.75, 3.05) is 11.6 Å². The highest BCUT2D eigenvalue weighted by Gasteiger charge is 2.37. The first-order valence-corrected chi connectivity index (χ1v) is 11.4. The fourth-order valence-electron chi connectivity index (χ4n) is 2.56. The number of alkyl halides is 3. The molecule has 1 unspecified atom stereocenters. The van der Waals surface area contributed by atoms with Gasteiger partial charge in [0.05, 0.1) is 22.9 Å². The van der Waals surface area contributed by atoms with Gasteiger partial charge in [-0.3, -0.25) is 4.79 Å². The summed E-state index contributed by atoms with van der Waals surface area (Å²) in [6, 6.07) is 2.27. The third kappa shape index (κ3) is 6.89. The van der Waals surface area contributed by atoms with Crippen LogP contribution in [-0.4, -0.2) is 36.6 Å². The average molecular weight is 495 g/mol. The monoisotopic (exact) mass is 494 g/mol. The molecule has 0 fully saturated rings. The van der Waals surface area contributed by atoms with E-state index in [1.807, 2.05) is 0 Å². The molecule has 0 saturated heterocycles. The van der Waals surface area contributed by atoms with Gasteiger partial charge in [-0.2, -0.15) is 13.2 Å². The Hall–Kier alpha value is -2.73. The predicted molar refractivity (Wildman–Crippen MR) is 111 cm³/mol. The van der Waals surface area contributed by atoms with Gasteiger partial charge >= 0.3 is 6.18 Å². The van der Waals surface area contributed by atoms with Gasteiger partial charge in [-0.25, -0.2) is 22.8 Å². The molecular weight excluding hydrogens is 476 g/mol. The van der Waals surface area contributed by atoms with Crippen molar-refractivity contribution in [3.8, 4) is 0 Å². The molecule has 0 aliphatic carbocycles. The molecule has 1 aromatic heterocycles. The number of carbonyl (C=O) groups excluding carboxylic acids is 1. The van der Waals surface area contributed by atoms with Gasteiger partial charge in [-0.15, -0.1) is 0 Å². The number of nitrogens with one attached hydrogen (secondary N) is 2. The van der Waals surface area contributed by atoms with Crippen molar-refractivity contribution in [3.63, 3.8) is 0 Å². The number of aromatic nitrogens is 2. The van der Waals surface area contributed by atoms with Gasteiger partial charge in [0.15, 0.2) is 15.5 Å². The summed E-state index contributed by atoms with van der Waals surface area (Å²) >= 11 is 5.89. The number of hydrogen-bond donors (Lipinski definition) is 2. The summed E-state index contributed by atoms with van der Waals surface area (Å²) in [5.41, 5.74) is -1.73. The molecule has 1 amide bonds. The zero-order valence-electron chi connectivity index (χ0n) is 17.0. The van der Waals surface area contributed by atoms with E-state index in [2.05, 4.69) is 20.6 Å². The largest absolute Gasteiger partial charge is 0.435 e. The number of anilines is 1. The molecule has 0 spiro atoms. The van der Waals surface area contributed by atoms with Crippen molar-refractivity contribution in [1.29, 1.82) is 0 Å². The van der Waals surface area contributed by atoms with E-state index in [0.717, 1.165) is 30.0 Å². The van der Waals surface area contributed by atoms with Gasteiger partial charge in [0.1, 0.15) is 5.82 Å². The third-order valence-corrected chi connectivity index (χ3v) is 5.10. The molecule has 0 bridgehead atoms. The summed E-state index contributed by atoms with van der Waals surface area (Å²) < 4.78 is 76.7. The standard InChI is InChI=1S/C19H19ClF4N4O3S/c1-10(7-8-32(3,30)31)26-18(29)17-25-9-14(16(28-17)19(22,23)24)27-11(2)12-5-4-6-13(21)15(12)20/h4-11,27H,1-3H3,(H,26,29)/b8-7+/t10-,11?/m1/s1. The average Bonchev–Trinajstić information content (AvgIpc) is 2.67. The van der Waals surface area contributed by atoms with Crippen LogP contribution in [0.3, 0.4) is 0 Å². The first-order valence-electron chi connectivity index (χ1n) is 9.03. The van der Waals surface area contributed by atoms with Crippen LogP contribution in [0.15, 0.2) is 35.9 Å². The highest BCUT2D eigenvalue weighted by molar-refractivity contribution is 7.93. The fraction of sp³-hybridized carbons (Fsp3) is 0.316. The lowest BCUT2D eigenvalue weighted by atomic mass is 10.1. The van der Waals surface area contributed by atoms with Gasteiger partial charge in [0.25, 0.3) is 5.91 Å². The highest BCUT2D eigenvalue weighted by Crippen LogP contribution is 2.35. The Labute approximate surface area is 186 Å². The molecule has 1 aromatic carbocycles. The summed E-state index contributed by atoms with van der Waals surface area (Å²) in [6.07, 6.45) is -2.06. The van der Waals surface area contributed by atoms with E-state index < -0.39 is 57.0 Å². The first-order chi connectivity index (χ1) is 14.7. The van der Waals surface area contributed by atoms with Gasteiger partial charge in [0, 0.05) is 17.7 Å². The first kappa shape index (κ1) is 25.5. The van der Waals surface area contributed by atoms with E-state index in [-0.39, 0.29) is 10.6 Å². The van der Waals surface area contributed by atoms with Crippen LogP contribution in [0.4, 0.5) is 23.2 Å². The zero-order valence-corrected chi connectivity index (χ0v) is 18.6. The van der Waals surface area contributed by atoms with E-state index in [1.165, 1.54) is 26.0 Å². The summed E-state index contributed by atoms with van der Waals surface area (Å²) in [5.74, 6) is -2.52. The summed E-state index contributed by atoms with van der Waals surface area (Å²) in [7, 11) is -3.44. The molecule has 2 atom stereocenters. The van der Waals surface area contributed by atoms with Crippen molar-refractivity contribution in [2.45, 2.75) is 32.1 Å². The number of benzene rings is 1. The summed E-state index contributed by atoms with van der Waals surface area (Å²) in [4.78, 5) is 19.2. The highest BCUT2D eigenvalue weighted by atomic mass is 35.5. The Bertz CT molecular complexity index is 1140. The van der Waals surface area contributed by atoms with Gasteiger partial charge in [-0.1, -0.05) is 29.8 Å². The van der Waals surface area contributed by atoms with Crippen LogP contribution in [-0.2, 0) is 16.0 Å². The quantitative estimate of drug-likeness (QED) is 0.561. The summed E-state index contributed by atoms with van der Waals surface area (Å²) in [5, 5.41) is 5.44. The minimum absolute atomic E-state index is 0.216. The van der Waals surface area contributed by atoms with Gasteiger partial charge in [0.2, 0.25) is 5.82 Å². The molecule has 0 aliphatic rings. The van der Waals surface area contributed by atoms with Crippen LogP contribution < -0.4 is 10.6 Å². The molecular formula is C19H19ClF4N4O3S. The van der Waals surface area contributed by atoms with Crippen molar-refractivity contribution in [1.82, 2.24) is 15.3 Å². The number of sulfone groups is 1. The molecule has 2 rings (SSSR count). The molecule has 13 heteroatoms. The van der Waals surface area contributed by atoms with Gasteiger partial charge in [-0.05, 0) is 25.5 Å². The number of halogens is 5. The number of rotatable bonds is 7. The second-order valence-electron chi connectivity index (χ2n) is 6.88. The maximum absolute atomic E-state index is 13.7. The van der Waals surface area contributed by atoms with Crippen LogP contribution in [0, 0.1) is 5.82 Å². The van der Waals surface area contributed by atoms with Crippen molar-refractivity contribution >= 4 is 33.0 Å². The lowest BCUT2D eigenvalue weighted by molar-refractivity contribution is -0.140. The fourth-order valence-corrected chi connectivity index (χ4v) is 3.37. The molecule has 2 aromatic rings. The third-order valence-electron chi connectivity index (χ3n) is 4.05. The molecule has 0 aliphatic heterocycles. The van der Waals surface area contributed by atoms with E-state index >= 15 is 0 Å². The van der Waals surface area contributed by atoms with Crippen LogP contribution >= 0.6 is 11.6 Å². The topological polar surface area (TPSA) is 101 Å². The molecule has 2 N–H and O–H groups in total. The number of amides is 1. The second-order valence-corrected chi connectivity index (χ2v) is 9.19. The summed E-state index contributed by atoms with van der Waals surface area (Å²) in [6.45, 7) is 2.89. The maximum Gasteiger partial charge on any atom is 0.435 e. The number of hydrogen-bond acceptors (Lipinski definition) is 6. The van der Waals surface area contributed by atoms with Crippen LogP contribution in [0.1, 0.15) is 41.8 Å². The van der Waals surface area contributed by atoms with E-state index in [9.17, 15) is 30.8 Å². The molecule has 7 nitrogen and oxygen atoms in total. The second kappa shape index (κ2) is 9.82. The van der Waals surface area contributed by atoms with Crippen molar-refractivity contribution < 1.29 is 30.8 Å². The minimum atomic E-state index is -4.94. The number of nitrogens with zero attached hydrogens (tertiary/aromatic N) is 2. The Morgan fingerprint density at radius 3 is 2.50 bits per heavy atom. The molecule has 0 saturated carbocycles. The van der Waals surface area contributed by atoms with Crippen LogP contribution in [0.2, 0.25) is 5.02 Å². The molecule has 1 heterocycles. The SMILES string of the molecule is CC(Nc1cnc(C(=O)N[C@H](C)/C=C/S(C)(=O)=O)nc1C(F)(F)F)c1cccc(F)c1Cl. The Kier molecular flexibility index (Phi) is 7.83. The van der Waals surface area contributed by atoms with E-state index in [1.54, 1.807) is 0 Å². The van der Waals surface area contributed by atoms with E-state index in [0.29, 0.717) is 0 Å². The van der Waals surface area contributed by atoms with Crippen molar-refractivity contribution in [3.05, 3.63) is 63.8 Å². The van der Waals surface area contributed by atoms with Crippen LogP contribution in [0.25, 0.3) is 0 Å². The Balaban J connectivity index is 2.30. The molecule has 174 valence electrons. The van der Waals surface area contributed by atoms with Crippen LogP contribution in [0.5, 0.6) is 0 Å².